The zero-order valence-electron chi connectivity index (χ0n) is 33.9. The summed E-state index contributed by atoms with van der Waals surface area (Å²) in [5.41, 5.74) is 12.2. The molecule has 4 heterocycles. The monoisotopic (exact) mass is 821 g/mol. The number of para-hydroxylation sites is 3. The first kappa shape index (κ1) is 35.6. The van der Waals surface area contributed by atoms with Gasteiger partial charge in [-0.05, 0) is 83.9 Å². The van der Waals surface area contributed by atoms with Crippen LogP contribution in [-0.4, -0.2) is 24.1 Å². The van der Waals surface area contributed by atoms with Crippen molar-refractivity contribution < 1.29 is 0 Å². The zero-order valence-corrected chi connectivity index (χ0v) is 34.7. The van der Waals surface area contributed by atoms with Gasteiger partial charge in [0.2, 0.25) is 0 Å². The van der Waals surface area contributed by atoms with E-state index in [1.54, 1.807) is 0 Å². The molecule has 6 heteroatoms. The number of nitrogens with zero attached hydrogens (tertiary/aromatic N) is 5. The van der Waals surface area contributed by atoms with Crippen molar-refractivity contribution >= 4 is 75.1 Å². The van der Waals surface area contributed by atoms with Gasteiger partial charge in [0.05, 0.1) is 27.8 Å². The van der Waals surface area contributed by atoms with E-state index in [-0.39, 0.29) is 0 Å². The fourth-order valence-corrected chi connectivity index (χ4v) is 10.6. The van der Waals surface area contributed by atoms with Crippen molar-refractivity contribution in [3.05, 3.63) is 212 Å². The fourth-order valence-electron chi connectivity index (χ4n) is 9.49. The van der Waals surface area contributed by atoms with Crippen LogP contribution in [0, 0.1) is 0 Å². The molecular weight excluding hydrogens is 787 g/mol. The predicted molar refractivity (Wildman–Crippen MR) is 263 cm³/mol. The molecule has 294 valence electrons. The Hall–Kier alpha value is -8.19. The summed E-state index contributed by atoms with van der Waals surface area (Å²) in [6, 6.07) is 75.7. The van der Waals surface area contributed by atoms with Crippen LogP contribution in [0.15, 0.2) is 212 Å². The molecule has 0 unspecified atom stereocenters. The van der Waals surface area contributed by atoms with E-state index in [9.17, 15) is 0 Å². The van der Waals surface area contributed by atoms with Gasteiger partial charge in [-0.25, -0.2) is 15.0 Å². The first-order valence-electron chi connectivity index (χ1n) is 21.2. The Kier molecular flexibility index (Phi) is 8.01. The topological polar surface area (TPSA) is 48.5 Å². The van der Waals surface area contributed by atoms with Crippen LogP contribution >= 0.6 is 11.3 Å². The number of benzene rings is 9. The summed E-state index contributed by atoms with van der Waals surface area (Å²) < 4.78 is 7.29. The number of thiophene rings is 1. The van der Waals surface area contributed by atoms with Crippen molar-refractivity contribution in [2.45, 2.75) is 0 Å². The highest BCUT2D eigenvalue weighted by Crippen LogP contribution is 2.43. The van der Waals surface area contributed by atoms with Crippen LogP contribution in [0.2, 0.25) is 0 Å². The smallest absolute Gasteiger partial charge is 0.164 e. The molecule has 0 bridgehead atoms. The van der Waals surface area contributed by atoms with Crippen LogP contribution in [0.5, 0.6) is 0 Å². The molecule has 0 aliphatic heterocycles. The lowest BCUT2D eigenvalue weighted by Gasteiger charge is -2.12. The molecule has 63 heavy (non-hydrogen) atoms. The Bertz CT molecular complexity index is 3850. The number of fused-ring (bicyclic) bond motifs is 9. The van der Waals surface area contributed by atoms with E-state index in [4.69, 9.17) is 15.0 Å². The molecule has 0 spiro atoms. The molecule has 0 N–H and O–H groups in total. The highest BCUT2D eigenvalue weighted by Gasteiger charge is 2.20. The molecule has 13 rings (SSSR count). The van der Waals surface area contributed by atoms with Gasteiger partial charge in [-0.15, -0.1) is 11.3 Å². The largest absolute Gasteiger partial charge is 0.309 e. The Morgan fingerprint density at radius 2 is 0.825 bits per heavy atom. The van der Waals surface area contributed by atoms with Gasteiger partial charge in [0.25, 0.3) is 0 Å². The maximum absolute atomic E-state index is 5.09. The summed E-state index contributed by atoms with van der Waals surface area (Å²) in [5, 5.41) is 7.32. The second-order valence-electron chi connectivity index (χ2n) is 16.0. The normalized spacial score (nSPS) is 11.8. The summed E-state index contributed by atoms with van der Waals surface area (Å²) >= 11 is 1.82. The first-order valence-corrected chi connectivity index (χ1v) is 22.0. The van der Waals surface area contributed by atoms with Crippen LogP contribution in [0.3, 0.4) is 0 Å². The lowest BCUT2D eigenvalue weighted by atomic mass is 10.0. The fraction of sp³-hybridized carbons (Fsp3) is 0. The maximum atomic E-state index is 5.09. The van der Waals surface area contributed by atoms with E-state index in [1.807, 2.05) is 47.7 Å². The average Bonchev–Trinajstić information content (AvgIpc) is 4.02. The van der Waals surface area contributed by atoms with Crippen molar-refractivity contribution in [2.24, 2.45) is 0 Å². The van der Waals surface area contributed by atoms with Gasteiger partial charge in [-0.3, -0.25) is 0 Å². The van der Waals surface area contributed by atoms with Gasteiger partial charge in [-0.1, -0.05) is 140 Å². The van der Waals surface area contributed by atoms with E-state index in [0.717, 1.165) is 28.1 Å². The maximum Gasteiger partial charge on any atom is 0.164 e. The summed E-state index contributed by atoms with van der Waals surface area (Å²) in [4.78, 5) is 15.1. The summed E-state index contributed by atoms with van der Waals surface area (Å²) in [6.45, 7) is 0. The third-order valence-electron chi connectivity index (χ3n) is 12.4. The van der Waals surface area contributed by atoms with Gasteiger partial charge in [-0.2, -0.15) is 0 Å². The number of rotatable bonds is 6. The van der Waals surface area contributed by atoms with E-state index in [0.29, 0.717) is 17.5 Å². The molecule has 9 aromatic carbocycles. The molecule has 0 atom stereocenters. The molecule has 13 aromatic rings. The van der Waals surface area contributed by atoms with Crippen molar-refractivity contribution in [3.8, 4) is 56.7 Å². The molecule has 5 nitrogen and oxygen atoms in total. The SMILES string of the molecule is c1ccc(-c2nc(-c3ccccc3)nc(-c3ccc4sc5cccc(-n6c7ccccc7c7ccc(-c8ccc9c(c8)c8ccccc8n9-c8ccccc8)cc76)c5c4c3)n2)cc1. The molecule has 0 amide bonds. The second-order valence-corrected chi connectivity index (χ2v) is 17.1. The van der Waals surface area contributed by atoms with Crippen molar-refractivity contribution in [1.29, 1.82) is 0 Å². The minimum absolute atomic E-state index is 0.645. The van der Waals surface area contributed by atoms with Crippen LogP contribution < -0.4 is 0 Å². The Balaban J connectivity index is 1.00. The predicted octanol–water partition coefficient (Wildman–Crippen LogP) is 15.1. The van der Waals surface area contributed by atoms with Gasteiger partial charge >= 0.3 is 0 Å². The minimum Gasteiger partial charge on any atom is -0.309 e. The number of hydrogen-bond acceptors (Lipinski definition) is 4. The molecular formula is C57H35N5S. The standard InChI is InChI=1S/C57H35N5S/c1-4-15-36(16-5-1)55-58-56(37-17-6-2-7-18-37)60-57(59-55)40-29-32-52-46(34-40)54-50(25-14-26-53(54)63-52)62-48-24-13-10-21-42(48)44-30-27-39(35-51(44)62)38-28-31-49-45(33-38)43-22-11-12-23-47(43)61(49)41-19-8-3-9-20-41/h1-35H. The van der Waals surface area contributed by atoms with Gasteiger partial charge in [0.1, 0.15) is 0 Å². The zero-order chi connectivity index (χ0) is 41.4. The molecule has 0 saturated heterocycles. The van der Waals surface area contributed by atoms with Crippen LogP contribution in [-0.2, 0) is 0 Å². The van der Waals surface area contributed by atoms with E-state index >= 15 is 0 Å². The summed E-state index contributed by atoms with van der Waals surface area (Å²) in [6.07, 6.45) is 0. The van der Waals surface area contributed by atoms with E-state index < -0.39 is 0 Å². The summed E-state index contributed by atoms with van der Waals surface area (Å²) in [7, 11) is 0. The van der Waals surface area contributed by atoms with Crippen LogP contribution in [0.1, 0.15) is 0 Å². The Morgan fingerprint density at radius 3 is 1.54 bits per heavy atom. The Morgan fingerprint density at radius 1 is 0.302 bits per heavy atom. The van der Waals surface area contributed by atoms with E-state index in [2.05, 4.69) is 185 Å². The molecule has 0 radical (unpaired) electrons. The van der Waals surface area contributed by atoms with Crippen molar-refractivity contribution in [2.75, 3.05) is 0 Å². The second kappa shape index (κ2) is 14.2. The van der Waals surface area contributed by atoms with E-state index in [1.165, 1.54) is 74.9 Å². The first-order chi connectivity index (χ1) is 31.2. The molecule has 0 saturated carbocycles. The van der Waals surface area contributed by atoms with Gasteiger partial charge in [0, 0.05) is 64.1 Å². The third-order valence-corrected chi connectivity index (χ3v) is 13.5. The number of hydrogen-bond donors (Lipinski definition) is 0. The average molecular weight is 822 g/mol. The van der Waals surface area contributed by atoms with Gasteiger partial charge in [0.15, 0.2) is 17.5 Å². The molecule has 4 aromatic heterocycles. The minimum atomic E-state index is 0.645. The quantitative estimate of drug-likeness (QED) is 0.168. The molecule has 0 aliphatic carbocycles. The van der Waals surface area contributed by atoms with Crippen LogP contribution in [0.4, 0.5) is 0 Å². The molecule has 0 fully saturated rings. The van der Waals surface area contributed by atoms with Crippen molar-refractivity contribution in [1.82, 2.24) is 24.1 Å². The number of aromatic nitrogens is 5. The highest BCUT2D eigenvalue weighted by molar-refractivity contribution is 7.25. The lowest BCUT2D eigenvalue weighted by Crippen LogP contribution is -2.00. The Labute approximate surface area is 366 Å². The van der Waals surface area contributed by atoms with Crippen molar-refractivity contribution in [3.63, 3.8) is 0 Å². The third kappa shape index (κ3) is 5.73. The van der Waals surface area contributed by atoms with Gasteiger partial charge < -0.3 is 9.13 Å². The highest BCUT2D eigenvalue weighted by atomic mass is 32.1. The van der Waals surface area contributed by atoms with Crippen LogP contribution in [0.25, 0.3) is 120 Å². The summed E-state index contributed by atoms with van der Waals surface area (Å²) in [5.74, 6) is 1.95. The lowest BCUT2D eigenvalue weighted by molar-refractivity contribution is 1.07. The molecule has 0 aliphatic rings.